The average Bonchev–Trinajstić information content (AvgIpc) is 3.22. The van der Waals surface area contributed by atoms with E-state index in [2.05, 4.69) is 21.8 Å². The Morgan fingerprint density at radius 2 is 1.75 bits per heavy atom. The van der Waals surface area contributed by atoms with E-state index in [-0.39, 0.29) is 16.8 Å². The van der Waals surface area contributed by atoms with Crippen molar-refractivity contribution in [2.45, 2.75) is 70.0 Å². The third kappa shape index (κ3) is 5.35. The Morgan fingerprint density at radius 3 is 2.38 bits per heavy atom. The number of piperidine rings is 1. The van der Waals surface area contributed by atoms with Crippen LogP contribution in [0, 0.1) is 5.82 Å². The van der Waals surface area contributed by atoms with Crippen molar-refractivity contribution >= 4 is 29.4 Å². The lowest BCUT2D eigenvalue weighted by Crippen LogP contribution is -2.58. The molecule has 5 rings (SSSR count). The Labute approximate surface area is 239 Å². The molecule has 9 nitrogen and oxygen atoms in total. The molecule has 1 N–H and O–H groups in total. The van der Waals surface area contributed by atoms with Crippen LogP contribution in [0.25, 0.3) is 0 Å². The van der Waals surface area contributed by atoms with E-state index in [0.717, 1.165) is 11.4 Å². The summed E-state index contributed by atoms with van der Waals surface area (Å²) in [5, 5.41) is 10.4. The SMILES string of the molecule is C[C@@H]1C[C@@H](O)c2ncnc(N3CCN(C(=O)C4(c5ccc(Cl)c(F)c5)CCN(C(=O)OC(C)(C)C)CC4)CC3)c21. The van der Waals surface area contributed by atoms with Crippen molar-refractivity contribution in [2.24, 2.45) is 0 Å². The second-order valence-electron chi connectivity index (χ2n) is 12.1. The van der Waals surface area contributed by atoms with Crippen molar-refractivity contribution in [3.05, 3.63) is 52.2 Å². The van der Waals surface area contributed by atoms with Gasteiger partial charge < -0.3 is 24.5 Å². The van der Waals surface area contributed by atoms with Gasteiger partial charge in [-0.15, -0.1) is 0 Å². The van der Waals surface area contributed by atoms with Gasteiger partial charge in [-0.1, -0.05) is 24.6 Å². The number of carbonyl (C=O) groups excluding carboxylic acids is 2. The number of amides is 2. The van der Waals surface area contributed by atoms with Crippen LogP contribution in [0.2, 0.25) is 5.02 Å². The molecule has 2 amide bonds. The van der Waals surface area contributed by atoms with E-state index in [1.807, 2.05) is 25.7 Å². The highest BCUT2D eigenvalue weighted by Gasteiger charge is 2.47. The summed E-state index contributed by atoms with van der Waals surface area (Å²) in [7, 11) is 0. The number of hydrogen-bond acceptors (Lipinski definition) is 7. The van der Waals surface area contributed by atoms with Crippen LogP contribution in [0.1, 0.15) is 75.8 Å². The molecular formula is C29H37ClFN5O4. The van der Waals surface area contributed by atoms with Crippen LogP contribution in [0.4, 0.5) is 15.0 Å². The van der Waals surface area contributed by atoms with Gasteiger partial charge in [0.2, 0.25) is 5.91 Å². The van der Waals surface area contributed by atoms with Gasteiger partial charge in [0.25, 0.3) is 0 Å². The number of aliphatic hydroxyl groups is 1. The van der Waals surface area contributed by atoms with Crippen LogP contribution in [-0.2, 0) is 14.9 Å². The molecule has 0 saturated carbocycles. The number of ether oxygens (including phenoxy) is 1. The van der Waals surface area contributed by atoms with E-state index in [1.54, 1.807) is 11.0 Å². The van der Waals surface area contributed by atoms with Crippen molar-refractivity contribution in [1.29, 1.82) is 0 Å². The van der Waals surface area contributed by atoms with E-state index in [1.165, 1.54) is 18.5 Å². The van der Waals surface area contributed by atoms with Gasteiger partial charge in [-0.05, 0) is 63.6 Å². The molecule has 2 atom stereocenters. The number of benzene rings is 1. The molecular weight excluding hydrogens is 537 g/mol. The molecule has 2 fully saturated rings. The van der Waals surface area contributed by atoms with Crippen molar-refractivity contribution in [2.75, 3.05) is 44.2 Å². The lowest BCUT2D eigenvalue weighted by molar-refractivity contribution is -0.140. The minimum Gasteiger partial charge on any atom is -0.444 e. The topological polar surface area (TPSA) is 99.1 Å². The fraction of sp³-hybridized carbons (Fsp3) is 0.586. The summed E-state index contributed by atoms with van der Waals surface area (Å²) in [5.41, 5.74) is 0.636. The maximum absolute atomic E-state index is 14.6. The van der Waals surface area contributed by atoms with Gasteiger partial charge in [-0.3, -0.25) is 4.79 Å². The van der Waals surface area contributed by atoms with E-state index in [4.69, 9.17) is 16.3 Å². The Morgan fingerprint density at radius 1 is 1.07 bits per heavy atom. The van der Waals surface area contributed by atoms with Gasteiger partial charge in [0.1, 0.15) is 23.6 Å². The summed E-state index contributed by atoms with van der Waals surface area (Å²) >= 11 is 5.98. The molecule has 0 bridgehead atoms. The molecule has 3 heterocycles. The van der Waals surface area contributed by atoms with Crippen LogP contribution < -0.4 is 4.90 Å². The molecule has 0 radical (unpaired) electrons. The standard InChI is InChI=1S/C29H37ClFN5O4/c1-18-15-22(37)24-23(18)25(33-17-32-24)34-11-13-35(14-12-34)26(38)29(19-5-6-20(30)21(31)16-19)7-9-36(10-8-29)27(39)40-28(2,3)4/h5-6,16-18,22,37H,7-15H2,1-4H3/t18-,22-/m1/s1. The number of carbonyl (C=O) groups is 2. The third-order valence-corrected chi connectivity index (χ3v) is 8.60. The molecule has 0 spiro atoms. The van der Waals surface area contributed by atoms with Gasteiger partial charge in [0.15, 0.2) is 0 Å². The average molecular weight is 574 g/mol. The Balaban J connectivity index is 1.35. The molecule has 216 valence electrons. The van der Waals surface area contributed by atoms with E-state index in [9.17, 15) is 19.1 Å². The smallest absolute Gasteiger partial charge is 0.410 e. The van der Waals surface area contributed by atoms with E-state index in [0.29, 0.717) is 69.8 Å². The molecule has 3 aliphatic rings. The first kappa shape index (κ1) is 28.5. The monoisotopic (exact) mass is 573 g/mol. The third-order valence-electron chi connectivity index (χ3n) is 8.30. The molecule has 1 aromatic heterocycles. The number of halogens is 2. The van der Waals surface area contributed by atoms with Gasteiger partial charge >= 0.3 is 6.09 Å². The van der Waals surface area contributed by atoms with Gasteiger partial charge in [-0.2, -0.15) is 0 Å². The predicted octanol–water partition coefficient (Wildman–Crippen LogP) is 4.43. The summed E-state index contributed by atoms with van der Waals surface area (Å²) in [5.74, 6) is 0.328. The van der Waals surface area contributed by atoms with Crippen LogP contribution in [0.15, 0.2) is 24.5 Å². The summed E-state index contributed by atoms with van der Waals surface area (Å²) < 4.78 is 20.2. The Kier molecular flexibility index (Phi) is 7.69. The number of hydrogen-bond donors (Lipinski definition) is 1. The summed E-state index contributed by atoms with van der Waals surface area (Å²) in [6.07, 6.45) is 1.82. The molecule has 1 aromatic carbocycles. The normalized spacial score (nSPS) is 22.7. The minimum atomic E-state index is -0.985. The zero-order chi connectivity index (χ0) is 28.8. The number of nitrogens with zero attached hydrogens (tertiary/aromatic N) is 5. The first-order valence-corrected chi connectivity index (χ1v) is 14.3. The maximum atomic E-state index is 14.6. The van der Waals surface area contributed by atoms with Gasteiger partial charge in [-0.25, -0.2) is 19.2 Å². The molecule has 0 unspecified atom stereocenters. The zero-order valence-corrected chi connectivity index (χ0v) is 24.2. The first-order chi connectivity index (χ1) is 18.9. The highest BCUT2D eigenvalue weighted by molar-refractivity contribution is 6.30. The number of aliphatic hydroxyl groups excluding tert-OH is 1. The van der Waals surface area contributed by atoms with Crippen molar-refractivity contribution in [1.82, 2.24) is 19.8 Å². The summed E-state index contributed by atoms with van der Waals surface area (Å²) in [6.45, 7) is 10.3. The van der Waals surface area contributed by atoms with E-state index >= 15 is 0 Å². The molecule has 1 aliphatic carbocycles. The van der Waals surface area contributed by atoms with Crippen LogP contribution in [0.3, 0.4) is 0 Å². The van der Waals surface area contributed by atoms with Gasteiger partial charge in [0, 0.05) is 44.8 Å². The maximum Gasteiger partial charge on any atom is 0.410 e. The Hall–Kier alpha value is -2.98. The Bertz CT molecular complexity index is 1290. The number of rotatable bonds is 3. The van der Waals surface area contributed by atoms with Crippen LogP contribution >= 0.6 is 11.6 Å². The quantitative estimate of drug-likeness (QED) is 0.580. The zero-order valence-electron chi connectivity index (χ0n) is 23.5. The lowest BCUT2D eigenvalue weighted by atomic mass is 9.71. The molecule has 11 heteroatoms. The second-order valence-corrected chi connectivity index (χ2v) is 12.5. The molecule has 40 heavy (non-hydrogen) atoms. The summed E-state index contributed by atoms with van der Waals surface area (Å²) in [6, 6.07) is 4.57. The summed E-state index contributed by atoms with van der Waals surface area (Å²) in [4.78, 5) is 41.5. The predicted molar refractivity (Wildman–Crippen MR) is 149 cm³/mol. The van der Waals surface area contributed by atoms with Crippen molar-refractivity contribution in [3.8, 4) is 0 Å². The lowest BCUT2D eigenvalue weighted by Gasteiger charge is -2.45. The van der Waals surface area contributed by atoms with Crippen molar-refractivity contribution in [3.63, 3.8) is 0 Å². The minimum absolute atomic E-state index is 0.00267. The van der Waals surface area contributed by atoms with Crippen LogP contribution in [0.5, 0.6) is 0 Å². The fourth-order valence-electron chi connectivity index (χ4n) is 6.20. The molecule has 2 aromatic rings. The first-order valence-electron chi connectivity index (χ1n) is 13.9. The number of aromatic nitrogens is 2. The number of piperazine rings is 1. The number of anilines is 1. The number of likely N-dealkylation sites (tertiary alicyclic amines) is 1. The van der Waals surface area contributed by atoms with Crippen molar-refractivity contribution < 1.29 is 23.8 Å². The van der Waals surface area contributed by atoms with Gasteiger partial charge in [0.05, 0.1) is 22.2 Å². The van der Waals surface area contributed by atoms with Crippen LogP contribution in [-0.4, -0.2) is 81.7 Å². The molecule has 2 aliphatic heterocycles. The largest absolute Gasteiger partial charge is 0.444 e. The molecule has 2 saturated heterocycles. The fourth-order valence-corrected chi connectivity index (χ4v) is 6.31. The number of fused-ring (bicyclic) bond motifs is 1. The highest BCUT2D eigenvalue weighted by Crippen LogP contribution is 2.43. The highest BCUT2D eigenvalue weighted by atomic mass is 35.5. The second kappa shape index (κ2) is 10.8. The van der Waals surface area contributed by atoms with E-state index < -0.39 is 29.0 Å².